The Hall–Kier alpha value is -3.20. The predicted molar refractivity (Wildman–Crippen MR) is 96.4 cm³/mol. The van der Waals surface area contributed by atoms with Gasteiger partial charge in [-0.2, -0.15) is 0 Å². The highest BCUT2D eigenvalue weighted by molar-refractivity contribution is 5.59. The lowest BCUT2D eigenvalue weighted by Crippen LogP contribution is -2.07. The van der Waals surface area contributed by atoms with Crippen LogP contribution in [0.1, 0.15) is 17.2 Å². The van der Waals surface area contributed by atoms with Crippen molar-refractivity contribution in [2.75, 3.05) is 35.5 Å². The second-order valence-corrected chi connectivity index (χ2v) is 5.38. The molecule has 2 aromatic carbocycles. The first-order valence-electron chi connectivity index (χ1n) is 7.80. The zero-order chi connectivity index (χ0) is 20.1. The Morgan fingerprint density at radius 2 is 1.30 bits per heavy atom. The summed E-state index contributed by atoms with van der Waals surface area (Å²) in [6.07, 6.45) is -1.35. The zero-order valence-electron chi connectivity index (χ0n) is 15.6. The van der Waals surface area contributed by atoms with Gasteiger partial charge in [0.05, 0.1) is 52.1 Å². The summed E-state index contributed by atoms with van der Waals surface area (Å²) in [5.41, 5.74) is 0.0423. The van der Waals surface area contributed by atoms with Crippen molar-refractivity contribution in [3.63, 3.8) is 0 Å². The summed E-state index contributed by atoms with van der Waals surface area (Å²) < 4.78 is 26.1. The molecule has 0 fully saturated rings. The summed E-state index contributed by atoms with van der Waals surface area (Å²) >= 11 is 0. The van der Waals surface area contributed by atoms with E-state index in [0.717, 1.165) is 0 Å². The number of nitrogens with zero attached hydrogens (tertiary/aromatic N) is 1. The van der Waals surface area contributed by atoms with Gasteiger partial charge in [0, 0.05) is 0 Å². The van der Waals surface area contributed by atoms with Crippen LogP contribution in [0, 0.1) is 10.1 Å². The van der Waals surface area contributed by atoms with E-state index in [0.29, 0.717) is 22.8 Å². The van der Waals surface area contributed by atoms with Crippen LogP contribution in [0.5, 0.6) is 28.7 Å². The SMILES string of the molecule is COc1cc(C(O)c2cc(OC)c(OC)c(OC)c2)c([N+](=O)[O-])cc1OC. The lowest BCUT2D eigenvalue weighted by molar-refractivity contribution is -0.386. The molecule has 9 nitrogen and oxygen atoms in total. The molecule has 1 N–H and O–H groups in total. The highest BCUT2D eigenvalue weighted by Gasteiger charge is 2.27. The van der Waals surface area contributed by atoms with Gasteiger partial charge in [0.2, 0.25) is 5.75 Å². The summed E-state index contributed by atoms with van der Waals surface area (Å²) in [4.78, 5) is 10.9. The minimum Gasteiger partial charge on any atom is -0.493 e. The average molecular weight is 379 g/mol. The molecule has 0 aliphatic heterocycles. The number of nitro groups is 1. The standard InChI is InChI=1S/C18H21NO8/c1-23-13-8-11(12(19(21)22)9-14(13)24-2)17(20)10-6-15(25-3)18(27-5)16(7-10)26-4/h6-9,17,20H,1-5H3. The first-order chi connectivity index (χ1) is 12.9. The van der Waals surface area contributed by atoms with Gasteiger partial charge in [-0.25, -0.2) is 0 Å². The van der Waals surface area contributed by atoms with Crippen LogP contribution in [-0.4, -0.2) is 45.6 Å². The third-order valence-electron chi connectivity index (χ3n) is 4.03. The van der Waals surface area contributed by atoms with E-state index >= 15 is 0 Å². The third-order valence-corrected chi connectivity index (χ3v) is 4.03. The molecule has 0 aromatic heterocycles. The first-order valence-corrected chi connectivity index (χ1v) is 7.80. The smallest absolute Gasteiger partial charge is 0.279 e. The fraction of sp³-hybridized carbons (Fsp3) is 0.333. The van der Waals surface area contributed by atoms with Crippen molar-refractivity contribution in [3.05, 3.63) is 45.5 Å². The monoisotopic (exact) mass is 379 g/mol. The van der Waals surface area contributed by atoms with Crippen LogP contribution in [0.15, 0.2) is 24.3 Å². The number of ether oxygens (including phenoxy) is 5. The van der Waals surface area contributed by atoms with E-state index in [9.17, 15) is 15.2 Å². The lowest BCUT2D eigenvalue weighted by atomic mass is 9.98. The predicted octanol–water partition coefficient (Wildman–Crippen LogP) is 2.72. The van der Waals surface area contributed by atoms with Crippen molar-refractivity contribution in [2.45, 2.75) is 6.10 Å². The number of rotatable bonds is 8. The molecule has 0 bridgehead atoms. The van der Waals surface area contributed by atoms with Gasteiger partial charge in [0.25, 0.3) is 5.69 Å². The molecule has 0 saturated heterocycles. The van der Waals surface area contributed by atoms with Gasteiger partial charge < -0.3 is 28.8 Å². The van der Waals surface area contributed by atoms with Crippen LogP contribution < -0.4 is 23.7 Å². The zero-order valence-corrected chi connectivity index (χ0v) is 15.6. The van der Waals surface area contributed by atoms with Crippen LogP contribution in [0.2, 0.25) is 0 Å². The van der Waals surface area contributed by atoms with E-state index in [4.69, 9.17) is 23.7 Å². The van der Waals surface area contributed by atoms with Crippen molar-refractivity contribution < 1.29 is 33.7 Å². The van der Waals surface area contributed by atoms with E-state index in [1.54, 1.807) is 0 Å². The summed E-state index contributed by atoms with van der Waals surface area (Å²) in [5, 5.41) is 22.4. The van der Waals surface area contributed by atoms with E-state index in [1.807, 2.05) is 0 Å². The maximum Gasteiger partial charge on any atom is 0.279 e. The molecule has 1 atom stereocenters. The molecule has 0 saturated carbocycles. The van der Waals surface area contributed by atoms with Gasteiger partial charge in [0.1, 0.15) is 6.10 Å². The van der Waals surface area contributed by atoms with E-state index in [-0.39, 0.29) is 22.7 Å². The highest BCUT2D eigenvalue weighted by atomic mass is 16.6. The number of aliphatic hydroxyl groups excluding tert-OH is 1. The van der Waals surface area contributed by atoms with Crippen molar-refractivity contribution in [1.29, 1.82) is 0 Å². The fourth-order valence-corrected chi connectivity index (χ4v) is 2.70. The summed E-state index contributed by atoms with van der Waals surface area (Å²) in [6, 6.07) is 5.61. The number of hydrogen-bond acceptors (Lipinski definition) is 8. The molecule has 1 unspecified atom stereocenters. The van der Waals surface area contributed by atoms with Crippen molar-refractivity contribution in [3.8, 4) is 28.7 Å². The quantitative estimate of drug-likeness (QED) is 0.551. The molecule has 9 heteroatoms. The normalized spacial score (nSPS) is 11.5. The molecule has 146 valence electrons. The Morgan fingerprint density at radius 3 is 1.70 bits per heavy atom. The topological polar surface area (TPSA) is 110 Å². The molecule has 2 aromatic rings. The molecule has 0 aliphatic carbocycles. The maximum atomic E-state index is 11.5. The van der Waals surface area contributed by atoms with Gasteiger partial charge >= 0.3 is 0 Å². The van der Waals surface area contributed by atoms with E-state index in [1.165, 1.54) is 59.8 Å². The van der Waals surface area contributed by atoms with Gasteiger partial charge in [-0.05, 0) is 23.8 Å². The van der Waals surface area contributed by atoms with Gasteiger partial charge in [0.15, 0.2) is 23.0 Å². The van der Waals surface area contributed by atoms with Crippen molar-refractivity contribution in [1.82, 2.24) is 0 Å². The van der Waals surface area contributed by atoms with Crippen LogP contribution in [0.25, 0.3) is 0 Å². The Balaban J connectivity index is 2.66. The van der Waals surface area contributed by atoms with Gasteiger partial charge in [-0.15, -0.1) is 0 Å². The Labute approximate surface area is 156 Å². The van der Waals surface area contributed by atoms with Crippen LogP contribution in [0.4, 0.5) is 5.69 Å². The average Bonchev–Trinajstić information content (AvgIpc) is 2.70. The second kappa shape index (κ2) is 8.45. The lowest BCUT2D eigenvalue weighted by Gasteiger charge is -2.18. The van der Waals surface area contributed by atoms with Crippen LogP contribution in [0.3, 0.4) is 0 Å². The van der Waals surface area contributed by atoms with E-state index in [2.05, 4.69) is 0 Å². The minimum atomic E-state index is -1.35. The largest absolute Gasteiger partial charge is 0.493 e. The molecule has 2 rings (SSSR count). The number of hydrogen-bond donors (Lipinski definition) is 1. The third kappa shape index (κ3) is 3.82. The molecule has 27 heavy (non-hydrogen) atoms. The minimum absolute atomic E-state index is 0.0342. The number of aliphatic hydroxyl groups is 1. The van der Waals surface area contributed by atoms with Gasteiger partial charge in [-0.1, -0.05) is 0 Å². The van der Waals surface area contributed by atoms with Gasteiger partial charge in [-0.3, -0.25) is 10.1 Å². The second-order valence-electron chi connectivity index (χ2n) is 5.38. The summed E-state index contributed by atoms with van der Waals surface area (Å²) in [7, 11) is 7.10. The molecular formula is C18H21NO8. The van der Waals surface area contributed by atoms with Crippen LogP contribution >= 0.6 is 0 Å². The number of methoxy groups -OCH3 is 5. The fourth-order valence-electron chi connectivity index (χ4n) is 2.70. The highest BCUT2D eigenvalue weighted by Crippen LogP contribution is 2.43. The van der Waals surface area contributed by atoms with Crippen molar-refractivity contribution in [2.24, 2.45) is 0 Å². The first kappa shape index (κ1) is 20.1. The Bertz CT molecular complexity index is 811. The molecule has 0 heterocycles. The Morgan fingerprint density at radius 1 is 0.815 bits per heavy atom. The molecule has 0 aliphatic rings. The van der Waals surface area contributed by atoms with Crippen LogP contribution in [-0.2, 0) is 0 Å². The molecule has 0 amide bonds. The van der Waals surface area contributed by atoms with Crippen molar-refractivity contribution >= 4 is 5.69 Å². The Kier molecular flexibility index (Phi) is 6.30. The summed E-state index contributed by atoms with van der Waals surface area (Å²) in [6.45, 7) is 0. The molecule has 0 spiro atoms. The molecular weight excluding hydrogens is 358 g/mol. The van der Waals surface area contributed by atoms with E-state index < -0.39 is 11.0 Å². The number of nitro benzene ring substituents is 1. The number of benzene rings is 2. The molecule has 0 radical (unpaired) electrons. The summed E-state index contributed by atoms with van der Waals surface area (Å²) in [5.74, 6) is 1.41. The maximum absolute atomic E-state index is 11.5.